The Hall–Kier alpha value is -1.61. The molecule has 3 nitrogen and oxygen atoms in total. The average Bonchev–Trinajstić information content (AvgIpc) is 2.70. The summed E-state index contributed by atoms with van der Waals surface area (Å²) >= 11 is 0. The van der Waals surface area contributed by atoms with E-state index >= 15 is 0 Å². The Kier molecular flexibility index (Phi) is 4.15. The van der Waals surface area contributed by atoms with Crippen LogP contribution in [0.5, 0.6) is 0 Å². The van der Waals surface area contributed by atoms with E-state index in [1.165, 1.54) is 16.8 Å². The molecule has 0 unspecified atom stereocenters. The van der Waals surface area contributed by atoms with Crippen LogP contribution in [0.3, 0.4) is 0 Å². The molecular weight excluding hydrogens is 222 g/mol. The number of hydrogen-bond acceptors (Lipinski definition) is 2. The maximum absolute atomic E-state index is 4.47. The zero-order chi connectivity index (χ0) is 13.0. The van der Waals surface area contributed by atoms with Crippen LogP contribution in [0.25, 0.3) is 0 Å². The minimum absolute atomic E-state index is 0.502. The molecule has 0 atom stereocenters. The van der Waals surface area contributed by atoms with Crippen molar-refractivity contribution in [2.75, 3.05) is 0 Å². The summed E-state index contributed by atoms with van der Waals surface area (Å²) < 4.78 is 2.06. The molecule has 0 aliphatic rings. The molecule has 0 aliphatic heterocycles. The summed E-state index contributed by atoms with van der Waals surface area (Å²) in [4.78, 5) is 0. The molecule has 0 amide bonds. The maximum Gasteiger partial charge on any atom is 0.0662 e. The molecule has 1 aromatic carbocycles. The van der Waals surface area contributed by atoms with Crippen LogP contribution in [0.1, 0.15) is 30.7 Å². The highest BCUT2D eigenvalue weighted by Gasteiger charge is 2.06. The lowest BCUT2D eigenvalue weighted by molar-refractivity contribution is 0.585. The first-order chi connectivity index (χ1) is 8.66. The van der Waals surface area contributed by atoms with Crippen LogP contribution in [-0.4, -0.2) is 15.8 Å². The van der Waals surface area contributed by atoms with Crippen molar-refractivity contribution in [3.63, 3.8) is 0 Å². The van der Waals surface area contributed by atoms with Gasteiger partial charge in [-0.05, 0) is 12.5 Å². The lowest BCUT2D eigenvalue weighted by atomic mass is 10.2. The van der Waals surface area contributed by atoms with Gasteiger partial charge in [-0.25, -0.2) is 0 Å². The molecular formula is C15H21N3. The van der Waals surface area contributed by atoms with Gasteiger partial charge < -0.3 is 5.32 Å². The van der Waals surface area contributed by atoms with Crippen LogP contribution >= 0.6 is 0 Å². The van der Waals surface area contributed by atoms with Gasteiger partial charge in [-0.3, -0.25) is 4.68 Å². The summed E-state index contributed by atoms with van der Waals surface area (Å²) in [5, 5.41) is 7.89. The smallest absolute Gasteiger partial charge is 0.0662 e. The largest absolute Gasteiger partial charge is 0.310 e. The third-order valence-electron chi connectivity index (χ3n) is 3.08. The third kappa shape index (κ3) is 3.20. The van der Waals surface area contributed by atoms with Crippen molar-refractivity contribution in [3.05, 3.63) is 53.3 Å². The van der Waals surface area contributed by atoms with Crippen molar-refractivity contribution >= 4 is 0 Å². The summed E-state index contributed by atoms with van der Waals surface area (Å²) in [5.41, 5.74) is 3.80. The maximum atomic E-state index is 4.47. The summed E-state index contributed by atoms with van der Waals surface area (Å²) in [6.07, 6.45) is 1.97. The van der Waals surface area contributed by atoms with E-state index in [9.17, 15) is 0 Å². The number of aromatic nitrogens is 2. The predicted molar refractivity (Wildman–Crippen MR) is 74.5 cm³/mol. The van der Waals surface area contributed by atoms with Gasteiger partial charge in [0.25, 0.3) is 0 Å². The quantitative estimate of drug-likeness (QED) is 0.875. The van der Waals surface area contributed by atoms with E-state index in [4.69, 9.17) is 0 Å². The van der Waals surface area contributed by atoms with Crippen molar-refractivity contribution in [2.45, 2.75) is 39.9 Å². The van der Waals surface area contributed by atoms with Gasteiger partial charge in [-0.1, -0.05) is 44.2 Å². The molecule has 1 N–H and O–H groups in total. The molecule has 96 valence electrons. The van der Waals surface area contributed by atoms with Crippen LogP contribution in [0.4, 0.5) is 0 Å². The first-order valence-electron chi connectivity index (χ1n) is 6.45. The zero-order valence-electron chi connectivity index (χ0n) is 11.4. The Labute approximate surface area is 109 Å². The molecule has 2 rings (SSSR count). The number of nitrogens with zero attached hydrogens (tertiary/aromatic N) is 2. The van der Waals surface area contributed by atoms with Crippen LogP contribution in [0.2, 0.25) is 0 Å². The summed E-state index contributed by atoms with van der Waals surface area (Å²) in [6.45, 7) is 8.17. The number of benzene rings is 1. The van der Waals surface area contributed by atoms with E-state index in [1.54, 1.807) is 0 Å². The third-order valence-corrected chi connectivity index (χ3v) is 3.08. The Morgan fingerprint density at radius 1 is 1.22 bits per heavy atom. The highest BCUT2D eigenvalue weighted by Crippen LogP contribution is 2.10. The topological polar surface area (TPSA) is 29.9 Å². The second kappa shape index (κ2) is 5.83. The number of nitrogens with one attached hydrogen (secondary N) is 1. The van der Waals surface area contributed by atoms with Crippen LogP contribution in [0.15, 0.2) is 36.5 Å². The van der Waals surface area contributed by atoms with Crippen LogP contribution in [0, 0.1) is 6.92 Å². The Bertz CT molecular complexity index is 486. The molecule has 1 heterocycles. The van der Waals surface area contributed by atoms with Gasteiger partial charge in [0.05, 0.1) is 12.7 Å². The Balaban J connectivity index is 2.06. The van der Waals surface area contributed by atoms with E-state index in [2.05, 4.69) is 60.1 Å². The van der Waals surface area contributed by atoms with Gasteiger partial charge in [0.2, 0.25) is 0 Å². The Morgan fingerprint density at radius 3 is 2.61 bits per heavy atom. The first-order valence-corrected chi connectivity index (χ1v) is 6.45. The minimum Gasteiger partial charge on any atom is -0.310 e. The standard InChI is InChI=1S/C15H21N3/c1-12(2)16-9-15-10-17-18(13(15)3)11-14-7-5-4-6-8-14/h4-8,10,12,16H,9,11H2,1-3H3. The van der Waals surface area contributed by atoms with Gasteiger partial charge in [0, 0.05) is 23.8 Å². The van der Waals surface area contributed by atoms with Gasteiger partial charge in [0.1, 0.15) is 0 Å². The minimum atomic E-state index is 0.502. The van der Waals surface area contributed by atoms with Gasteiger partial charge in [-0.2, -0.15) is 5.10 Å². The molecule has 3 heteroatoms. The second-order valence-corrected chi connectivity index (χ2v) is 4.93. The van der Waals surface area contributed by atoms with Gasteiger partial charge in [0.15, 0.2) is 0 Å². The zero-order valence-corrected chi connectivity index (χ0v) is 11.4. The predicted octanol–water partition coefficient (Wildman–Crippen LogP) is 2.74. The van der Waals surface area contributed by atoms with Gasteiger partial charge >= 0.3 is 0 Å². The normalized spacial score (nSPS) is 11.1. The molecule has 18 heavy (non-hydrogen) atoms. The van der Waals surface area contributed by atoms with Crippen molar-refractivity contribution in [1.82, 2.24) is 15.1 Å². The van der Waals surface area contributed by atoms with Gasteiger partial charge in [-0.15, -0.1) is 0 Å². The Morgan fingerprint density at radius 2 is 1.94 bits per heavy atom. The van der Waals surface area contributed by atoms with E-state index < -0.39 is 0 Å². The molecule has 0 fully saturated rings. The molecule has 0 saturated heterocycles. The molecule has 0 saturated carbocycles. The van der Waals surface area contributed by atoms with Crippen LogP contribution in [-0.2, 0) is 13.1 Å². The first kappa shape index (κ1) is 12.8. The number of hydrogen-bond donors (Lipinski definition) is 1. The highest BCUT2D eigenvalue weighted by atomic mass is 15.3. The average molecular weight is 243 g/mol. The fourth-order valence-corrected chi connectivity index (χ4v) is 1.89. The fourth-order valence-electron chi connectivity index (χ4n) is 1.89. The molecule has 0 radical (unpaired) electrons. The fraction of sp³-hybridized carbons (Fsp3) is 0.400. The monoisotopic (exact) mass is 243 g/mol. The van der Waals surface area contributed by atoms with E-state index in [-0.39, 0.29) is 0 Å². The molecule has 0 aliphatic carbocycles. The van der Waals surface area contributed by atoms with E-state index in [0.29, 0.717) is 6.04 Å². The van der Waals surface area contributed by atoms with Crippen molar-refractivity contribution in [3.8, 4) is 0 Å². The molecule has 1 aromatic heterocycles. The summed E-state index contributed by atoms with van der Waals surface area (Å²) in [7, 11) is 0. The van der Waals surface area contributed by atoms with Crippen molar-refractivity contribution < 1.29 is 0 Å². The van der Waals surface area contributed by atoms with Crippen LogP contribution < -0.4 is 5.32 Å². The molecule has 0 bridgehead atoms. The van der Waals surface area contributed by atoms with Crippen molar-refractivity contribution in [1.29, 1.82) is 0 Å². The lowest BCUT2D eigenvalue weighted by Crippen LogP contribution is -2.22. The molecule has 0 spiro atoms. The highest BCUT2D eigenvalue weighted by molar-refractivity contribution is 5.19. The lowest BCUT2D eigenvalue weighted by Gasteiger charge is -2.08. The van der Waals surface area contributed by atoms with E-state index in [1.807, 2.05) is 12.3 Å². The second-order valence-electron chi connectivity index (χ2n) is 4.93. The summed E-state index contributed by atoms with van der Waals surface area (Å²) in [6, 6.07) is 10.9. The van der Waals surface area contributed by atoms with Crippen molar-refractivity contribution in [2.24, 2.45) is 0 Å². The van der Waals surface area contributed by atoms with E-state index in [0.717, 1.165) is 13.1 Å². The summed E-state index contributed by atoms with van der Waals surface area (Å²) in [5.74, 6) is 0. The number of rotatable bonds is 5. The SMILES string of the molecule is Cc1c(CNC(C)C)cnn1Cc1ccccc1. The molecule has 2 aromatic rings.